The Labute approximate surface area is 96.0 Å². The van der Waals surface area contributed by atoms with Crippen molar-refractivity contribution in [3.63, 3.8) is 0 Å². The molecule has 2 aromatic rings. The standard InChI is InChI=1S/C11H10N2O2S/c14-10(15)11(3-4-11)8-6-16-9(13-8)7-2-1-5-12-7/h1-2,5-6,12H,3-4H2,(H,14,15). The van der Waals surface area contributed by atoms with E-state index in [0.29, 0.717) is 18.5 Å². The zero-order valence-corrected chi connectivity index (χ0v) is 9.25. The summed E-state index contributed by atoms with van der Waals surface area (Å²) in [6.45, 7) is 0. The Morgan fingerprint density at radius 3 is 2.94 bits per heavy atom. The lowest BCUT2D eigenvalue weighted by Gasteiger charge is -2.04. The molecule has 0 aliphatic heterocycles. The highest BCUT2D eigenvalue weighted by Crippen LogP contribution is 2.49. The van der Waals surface area contributed by atoms with Crippen molar-refractivity contribution in [2.24, 2.45) is 0 Å². The number of aliphatic carboxylic acids is 1. The molecule has 0 amide bonds. The second-order valence-corrected chi connectivity index (χ2v) is 4.87. The quantitative estimate of drug-likeness (QED) is 0.856. The SMILES string of the molecule is O=C(O)C1(c2csc(-c3ccc[nH]3)n2)CC1. The maximum Gasteiger partial charge on any atom is 0.315 e. The third kappa shape index (κ3) is 1.28. The average molecular weight is 234 g/mol. The number of nitrogens with one attached hydrogen (secondary N) is 1. The lowest BCUT2D eigenvalue weighted by atomic mass is 10.1. The molecule has 82 valence electrons. The van der Waals surface area contributed by atoms with Crippen molar-refractivity contribution in [3.05, 3.63) is 29.4 Å². The van der Waals surface area contributed by atoms with Crippen LogP contribution < -0.4 is 0 Å². The second-order valence-electron chi connectivity index (χ2n) is 4.01. The molecule has 1 saturated carbocycles. The molecular weight excluding hydrogens is 224 g/mol. The normalized spacial score (nSPS) is 17.2. The summed E-state index contributed by atoms with van der Waals surface area (Å²) < 4.78 is 0. The molecule has 0 bridgehead atoms. The van der Waals surface area contributed by atoms with Crippen molar-refractivity contribution in [2.75, 3.05) is 0 Å². The molecule has 4 nitrogen and oxygen atoms in total. The number of rotatable bonds is 3. The summed E-state index contributed by atoms with van der Waals surface area (Å²) in [4.78, 5) is 18.6. The summed E-state index contributed by atoms with van der Waals surface area (Å²) in [7, 11) is 0. The molecule has 3 rings (SSSR count). The van der Waals surface area contributed by atoms with Gasteiger partial charge in [-0.3, -0.25) is 4.79 Å². The smallest absolute Gasteiger partial charge is 0.315 e. The molecular formula is C11H10N2O2S. The Morgan fingerprint density at radius 1 is 1.56 bits per heavy atom. The summed E-state index contributed by atoms with van der Waals surface area (Å²) in [5, 5.41) is 11.9. The molecule has 0 spiro atoms. The van der Waals surface area contributed by atoms with Gasteiger partial charge < -0.3 is 10.1 Å². The van der Waals surface area contributed by atoms with Crippen molar-refractivity contribution in [1.82, 2.24) is 9.97 Å². The lowest BCUT2D eigenvalue weighted by molar-refractivity contribution is -0.140. The third-order valence-electron chi connectivity index (χ3n) is 2.98. The van der Waals surface area contributed by atoms with Crippen molar-refractivity contribution < 1.29 is 9.90 Å². The minimum Gasteiger partial charge on any atom is -0.481 e. The zero-order valence-electron chi connectivity index (χ0n) is 8.43. The van der Waals surface area contributed by atoms with E-state index < -0.39 is 11.4 Å². The van der Waals surface area contributed by atoms with Crippen LogP contribution in [0.2, 0.25) is 0 Å². The van der Waals surface area contributed by atoms with E-state index in [0.717, 1.165) is 10.7 Å². The van der Waals surface area contributed by atoms with Gasteiger partial charge in [-0.15, -0.1) is 11.3 Å². The number of hydrogen-bond acceptors (Lipinski definition) is 3. The van der Waals surface area contributed by atoms with Gasteiger partial charge in [0, 0.05) is 11.6 Å². The van der Waals surface area contributed by atoms with Gasteiger partial charge in [0.2, 0.25) is 0 Å². The Bertz CT molecular complexity index is 526. The zero-order chi connectivity index (χ0) is 11.2. The minimum atomic E-state index is -0.754. The van der Waals surface area contributed by atoms with Gasteiger partial charge in [0.15, 0.2) is 0 Å². The van der Waals surface area contributed by atoms with Gasteiger partial charge in [0.1, 0.15) is 10.4 Å². The highest BCUT2D eigenvalue weighted by atomic mass is 32.1. The van der Waals surface area contributed by atoms with Crippen LogP contribution in [0.3, 0.4) is 0 Å². The number of thiazole rings is 1. The molecule has 0 unspecified atom stereocenters. The van der Waals surface area contributed by atoms with E-state index in [1.807, 2.05) is 23.7 Å². The Morgan fingerprint density at radius 2 is 2.38 bits per heavy atom. The van der Waals surface area contributed by atoms with Gasteiger partial charge in [0.05, 0.1) is 11.4 Å². The summed E-state index contributed by atoms with van der Waals surface area (Å²) in [5.74, 6) is -0.754. The number of aromatic amines is 1. The van der Waals surface area contributed by atoms with E-state index >= 15 is 0 Å². The Kier molecular flexibility index (Phi) is 1.91. The fourth-order valence-electron chi connectivity index (χ4n) is 1.79. The molecule has 0 radical (unpaired) electrons. The second kappa shape index (κ2) is 3.18. The monoisotopic (exact) mass is 234 g/mol. The largest absolute Gasteiger partial charge is 0.481 e. The fraction of sp³-hybridized carbons (Fsp3) is 0.273. The highest BCUT2D eigenvalue weighted by molar-refractivity contribution is 7.13. The molecule has 5 heteroatoms. The molecule has 0 aromatic carbocycles. The van der Waals surface area contributed by atoms with Crippen LogP contribution in [0.25, 0.3) is 10.7 Å². The van der Waals surface area contributed by atoms with Gasteiger partial charge in [-0.2, -0.15) is 0 Å². The van der Waals surface area contributed by atoms with Gasteiger partial charge in [0.25, 0.3) is 0 Å². The van der Waals surface area contributed by atoms with Gasteiger partial charge in [-0.1, -0.05) is 0 Å². The molecule has 1 aliphatic rings. The number of carboxylic acids is 1. The summed E-state index contributed by atoms with van der Waals surface area (Å²) in [6, 6.07) is 3.84. The topological polar surface area (TPSA) is 66.0 Å². The first-order valence-corrected chi connectivity index (χ1v) is 5.93. The number of nitrogens with zero attached hydrogens (tertiary/aromatic N) is 1. The molecule has 0 atom stereocenters. The van der Waals surface area contributed by atoms with Crippen molar-refractivity contribution >= 4 is 17.3 Å². The van der Waals surface area contributed by atoms with Crippen LogP contribution in [-0.4, -0.2) is 21.0 Å². The van der Waals surface area contributed by atoms with Crippen LogP contribution in [-0.2, 0) is 10.2 Å². The van der Waals surface area contributed by atoms with Crippen LogP contribution in [0.15, 0.2) is 23.7 Å². The number of aromatic nitrogens is 2. The van der Waals surface area contributed by atoms with E-state index in [9.17, 15) is 4.79 Å². The van der Waals surface area contributed by atoms with E-state index in [2.05, 4.69) is 9.97 Å². The van der Waals surface area contributed by atoms with Crippen LogP contribution in [0, 0.1) is 0 Å². The van der Waals surface area contributed by atoms with Gasteiger partial charge in [-0.25, -0.2) is 4.98 Å². The van der Waals surface area contributed by atoms with Crippen LogP contribution in [0.1, 0.15) is 18.5 Å². The number of carbonyl (C=O) groups is 1. The molecule has 16 heavy (non-hydrogen) atoms. The van der Waals surface area contributed by atoms with Crippen LogP contribution in [0.5, 0.6) is 0 Å². The molecule has 2 N–H and O–H groups in total. The predicted molar refractivity (Wildman–Crippen MR) is 60.4 cm³/mol. The molecule has 1 aliphatic carbocycles. The van der Waals surface area contributed by atoms with Crippen molar-refractivity contribution in [2.45, 2.75) is 18.3 Å². The van der Waals surface area contributed by atoms with Crippen LogP contribution in [0.4, 0.5) is 0 Å². The first-order valence-electron chi connectivity index (χ1n) is 5.05. The number of hydrogen-bond donors (Lipinski definition) is 2. The van der Waals surface area contributed by atoms with E-state index in [1.54, 1.807) is 0 Å². The summed E-state index contributed by atoms with van der Waals surface area (Å²) >= 11 is 1.49. The number of carboxylic acid groups (broad SMARTS) is 1. The highest BCUT2D eigenvalue weighted by Gasteiger charge is 2.53. The Hall–Kier alpha value is -1.62. The van der Waals surface area contributed by atoms with Gasteiger partial charge in [-0.05, 0) is 25.0 Å². The summed E-state index contributed by atoms with van der Waals surface area (Å²) in [6.07, 6.45) is 3.24. The third-order valence-corrected chi connectivity index (χ3v) is 3.86. The molecule has 0 saturated heterocycles. The predicted octanol–water partition coefficient (Wildman–Crippen LogP) is 2.25. The fourth-order valence-corrected chi connectivity index (χ4v) is 2.69. The van der Waals surface area contributed by atoms with Crippen molar-refractivity contribution in [3.8, 4) is 10.7 Å². The maximum atomic E-state index is 11.1. The van der Waals surface area contributed by atoms with E-state index in [-0.39, 0.29) is 0 Å². The maximum absolute atomic E-state index is 11.1. The Balaban J connectivity index is 1.98. The molecule has 2 aromatic heterocycles. The lowest BCUT2D eigenvalue weighted by Crippen LogP contribution is -2.19. The first kappa shape index (κ1) is 9.59. The number of H-pyrrole nitrogens is 1. The van der Waals surface area contributed by atoms with Crippen molar-refractivity contribution in [1.29, 1.82) is 0 Å². The van der Waals surface area contributed by atoms with Crippen LogP contribution >= 0.6 is 11.3 Å². The first-order chi connectivity index (χ1) is 7.72. The average Bonchev–Trinajstić information content (AvgIpc) is 2.75. The van der Waals surface area contributed by atoms with Gasteiger partial charge >= 0.3 is 5.97 Å². The van der Waals surface area contributed by atoms with E-state index in [4.69, 9.17) is 5.11 Å². The van der Waals surface area contributed by atoms with E-state index in [1.165, 1.54) is 11.3 Å². The molecule has 2 heterocycles. The summed E-state index contributed by atoms with van der Waals surface area (Å²) in [5.41, 5.74) is 0.952. The minimum absolute atomic E-state index is 0.693. The molecule has 1 fully saturated rings.